The lowest BCUT2D eigenvalue weighted by atomic mass is 10.1. The zero-order valence-corrected chi connectivity index (χ0v) is 62.8. The fourth-order valence-corrected chi connectivity index (χ4v) is 9.09. The van der Waals surface area contributed by atoms with Gasteiger partial charge in [0.1, 0.15) is 24.7 Å². The lowest BCUT2D eigenvalue weighted by molar-refractivity contribution is -0.187. The first kappa shape index (κ1) is 87.7. The maximum Gasteiger partial charge on any atom is 0.347 e. The van der Waals surface area contributed by atoms with Crippen molar-refractivity contribution < 1.29 is 133 Å². The number of hydrogen-bond acceptors (Lipinski definition) is 30. The van der Waals surface area contributed by atoms with Crippen LogP contribution < -0.4 is 20.1 Å². The summed E-state index contributed by atoms with van der Waals surface area (Å²) in [7, 11) is 3.05. The maximum absolute atomic E-state index is 13.4. The van der Waals surface area contributed by atoms with Crippen LogP contribution in [0.4, 0.5) is 21.0 Å². The molecule has 0 aliphatic rings. The molecule has 4 amide bonds. The summed E-state index contributed by atoms with van der Waals surface area (Å²) in [6.07, 6.45) is -7.67. The maximum atomic E-state index is 13.4. The van der Waals surface area contributed by atoms with Crippen molar-refractivity contribution in [2.45, 2.75) is 157 Å². The Bertz CT molecular complexity index is 4120. The number of methoxy groups -OCH3 is 2. The number of nitrogens with one attached hydrogen (secondary N) is 4. The van der Waals surface area contributed by atoms with Gasteiger partial charge in [-0.1, -0.05) is 48.5 Å². The topological polar surface area (TPSA) is 456 Å². The number of aromatic nitrogens is 4. The quantitative estimate of drug-likeness (QED) is 0.0235. The van der Waals surface area contributed by atoms with E-state index in [1.54, 1.807) is 91.5 Å². The standard InChI is InChI=1S/C40H48N4O16.C34H40N4O12/c1-22(56-36(48)24(3)58-38(50)26(5)60-39(51)27(6)59-37(49)25(4)57-35(47)23(2)55-28(7)45)34(46)54-17-16-44(21-29-10-9-11-33(18-29)53-8)40(52)43-32-14-12-30(13-15-32)31-19-41-42-20-31;1-20(48-32(42)22(3)50-33(43)23(4)49-31(41)21(2)47-24(5)39)30(40)46-15-14-38(19-25-8-7-9-29(16-25)45-6)34(44)37-28-12-10-26(11-13-28)27-17-35-36-18-27/h9-15,18-20,22-27H,16-17,21H2,1-8H3,(H,41,42)(H,43,52);7-13,16-18,20-23H,14-15,19H2,1-6H3,(H,35,36)(H,37,44)/t22-,23-,24-,25-,26-,27-;20-,21-,22-,23-/m00/s1. The van der Waals surface area contributed by atoms with Crippen LogP contribution >= 0.6 is 0 Å². The Labute approximate surface area is 631 Å². The molecule has 0 radical (unpaired) electrons. The van der Waals surface area contributed by atoms with Gasteiger partial charge in [-0.05, 0) is 140 Å². The van der Waals surface area contributed by atoms with Gasteiger partial charge in [-0.15, -0.1) is 0 Å². The molecule has 0 unspecified atom stereocenters. The van der Waals surface area contributed by atoms with Crippen LogP contribution in [-0.4, -0.2) is 215 Å². The normalized spacial score (nSPS) is 13.4. The van der Waals surface area contributed by atoms with Gasteiger partial charge in [0.2, 0.25) is 0 Å². The van der Waals surface area contributed by atoms with E-state index in [0.717, 1.165) is 74.9 Å². The molecule has 592 valence electrons. The molecule has 2 aromatic heterocycles. The van der Waals surface area contributed by atoms with Crippen LogP contribution in [0.15, 0.2) is 122 Å². The van der Waals surface area contributed by atoms with Gasteiger partial charge in [-0.2, -0.15) is 10.2 Å². The average Bonchev–Trinajstić information content (AvgIpc) is 1.66. The number of anilines is 2. The van der Waals surface area contributed by atoms with Gasteiger partial charge in [-0.3, -0.25) is 19.8 Å². The van der Waals surface area contributed by atoms with Crippen molar-refractivity contribution in [1.82, 2.24) is 30.2 Å². The lowest BCUT2D eigenvalue weighted by Gasteiger charge is -2.24. The number of H-pyrrole nitrogens is 2. The largest absolute Gasteiger partial charge is 0.497 e. The minimum absolute atomic E-state index is 0.0246. The van der Waals surface area contributed by atoms with E-state index in [0.29, 0.717) is 22.9 Å². The Morgan fingerprint density at radius 3 is 0.864 bits per heavy atom. The van der Waals surface area contributed by atoms with Gasteiger partial charge >= 0.3 is 83.7 Å². The second kappa shape index (κ2) is 43.6. The predicted molar refractivity (Wildman–Crippen MR) is 382 cm³/mol. The number of amides is 4. The first-order valence-corrected chi connectivity index (χ1v) is 34.0. The molecule has 0 aliphatic carbocycles. The second-order valence-corrected chi connectivity index (χ2v) is 24.0. The van der Waals surface area contributed by atoms with Crippen molar-refractivity contribution in [3.8, 4) is 33.8 Å². The Morgan fingerprint density at radius 1 is 0.355 bits per heavy atom. The van der Waals surface area contributed by atoms with E-state index in [-0.39, 0.29) is 39.4 Å². The molecular weight excluding hydrogens is 1450 g/mol. The third-order valence-corrected chi connectivity index (χ3v) is 15.1. The molecule has 0 bridgehead atoms. The van der Waals surface area contributed by atoms with Gasteiger partial charge in [0.25, 0.3) is 0 Å². The van der Waals surface area contributed by atoms with Crippen molar-refractivity contribution in [1.29, 1.82) is 0 Å². The van der Waals surface area contributed by atoms with E-state index in [1.165, 1.54) is 65.6 Å². The zero-order valence-electron chi connectivity index (χ0n) is 62.8. The van der Waals surface area contributed by atoms with Gasteiger partial charge in [-0.25, -0.2) is 57.5 Å². The van der Waals surface area contributed by atoms with E-state index >= 15 is 0 Å². The van der Waals surface area contributed by atoms with Crippen molar-refractivity contribution in [3.05, 3.63) is 133 Å². The molecule has 6 rings (SSSR count). The van der Waals surface area contributed by atoms with Crippen LogP contribution in [0, 0.1) is 0 Å². The summed E-state index contributed by atoms with van der Waals surface area (Å²) >= 11 is 0. The van der Waals surface area contributed by atoms with Crippen molar-refractivity contribution >= 4 is 95.1 Å². The highest BCUT2D eigenvalue weighted by Crippen LogP contribution is 2.24. The molecule has 10 atom stereocenters. The molecule has 0 fully saturated rings. The van der Waals surface area contributed by atoms with Gasteiger partial charge in [0.15, 0.2) is 61.0 Å². The minimum Gasteiger partial charge on any atom is -0.497 e. The number of nitrogens with zero attached hydrogens (tertiary/aromatic N) is 4. The van der Waals surface area contributed by atoms with Crippen LogP contribution in [0.3, 0.4) is 0 Å². The smallest absolute Gasteiger partial charge is 0.347 e. The van der Waals surface area contributed by atoms with E-state index in [2.05, 4.69) is 35.8 Å². The Morgan fingerprint density at radius 2 is 0.618 bits per heavy atom. The van der Waals surface area contributed by atoms with Crippen LogP contribution in [0.1, 0.15) is 94.2 Å². The highest BCUT2D eigenvalue weighted by atomic mass is 16.7. The molecule has 0 saturated heterocycles. The molecule has 0 aliphatic heterocycles. The first-order valence-electron chi connectivity index (χ1n) is 34.0. The fraction of sp³-hybridized carbons (Fsp3) is 0.405. The monoisotopic (exact) mass is 1540 g/mol. The second-order valence-electron chi connectivity index (χ2n) is 24.0. The molecule has 4 aromatic carbocycles. The SMILES string of the molecule is COc1cccc(CN(CCOC(=O)[C@H](C)OC(=O)[C@H](C)OC(=O)[C@H](C)OC(=O)[C@H](C)OC(=O)[C@H](C)OC(=O)[C@H](C)OC(C)=O)C(=O)Nc2ccc(-c3cn[nH]c3)cc2)c1.COc1cccc(CN(CCOC(=O)[C@H](C)OC(=O)[C@H](C)OC(=O)[C@H](C)OC(=O)[C@H](C)OC(C)=O)C(=O)Nc2ccc(-c3cn[nH]c3)cc2)c1. The summed E-state index contributed by atoms with van der Waals surface area (Å²) in [5, 5.41) is 19.1. The summed E-state index contributed by atoms with van der Waals surface area (Å²) in [6.45, 7) is 13.8. The van der Waals surface area contributed by atoms with E-state index in [4.69, 9.17) is 61.6 Å². The summed E-state index contributed by atoms with van der Waals surface area (Å²) in [5.41, 5.74) is 6.10. The Hall–Kier alpha value is -12.9. The molecule has 6 aromatic rings. The molecule has 36 nitrogen and oxygen atoms in total. The third kappa shape index (κ3) is 29.4. The highest BCUT2D eigenvalue weighted by molar-refractivity contribution is 5.92. The summed E-state index contributed by atoms with van der Waals surface area (Å²) in [5.74, 6) is -10.9. The predicted octanol–water partition coefficient (Wildman–Crippen LogP) is 6.68. The number of hydrogen-bond donors (Lipinski definition) is 4. The Balaban J connectivity index is 0.000000400. The molecule has 36 heteroatoms. The van der Waals surface area contributed by atoms with E-state index < -0.39 is 145 Å². The number of rotatable bonds is 36. The van der Waals surface area contributed by atoms with Crippen LogP contribution in [0.2, 0.25) is 0 Å². The van der Waals surface area contributed by atoms with Crippen molar-refractivity contribution in [2.75, 3.05) is 51.2 Å². The number of carbonyl (C=O) groups excluding carboxylic acids is 14. The molecular formula is C74H88N8O28. The summed E-state index contributed by atoms with van der Waals surface area (Å²) in [4.78, 5) is 176. The van der Waals surface area contributed by atoms with Crippen LogP contribution in [-0.2, 0) is 127 Å². The van der Waals surface area contributed by atoms with Gasteiger partial charge in [0, 0.05) is 61.8 Å². The minimum atomic E-state index is -1.59. The fourth-order valence-electron chi connectivity index (χ4n) is 9.09. The lowest BCUT2D eigenvalue weighted by Crippen LogP contribution is -2.39. The summed E-state index contributed by atoms with van der Waals surface area (Å²) < 4.78 is 70.4. The summed E-state index contributed by atoms with van der Waals surface area (Å²) in [6, 6.07) is 27.5. The number of aromatic amines is 2. The van der Waals surface area contributed by atoms with Crippen LogP contribution in [0.5, 0.6) is 11.5 Å². The number of urea groups is 2. The van der Waals surface area contributed by atoms with Crippen molar-refractivity contribution in [2.24, 2.45) is 0 Å². The van der Waals surface area contributed by atoms with Gasteiger partial charge in [0.05, 0.1) is 39.7 Å². The molecule has 0 spiro atoms. The number of ether oxygens (including phenoxy) is 14. The molecule has 2 heterocycles. The highest BCUT2D eigenvalue weighted by Gasteiger charge is 2.34. The van der Waals surface area contributed by atoms with E-state index in [9.17, 15) is 67.1 Å². The van der Waals surface area contributed by atoms with Crippen molar-refractivity contribution in [3.63, 3.8) is 0 Å². The molecule has 0 saturated carbocycles. The average molecular weight is 1540 g/mol. The van der Waals surface area contributed by atoms with Crippen LogP contribution in [0.25, 0.3) is 22.3 Å². The third-order valence-electron chi connectivity index (χ3n) is 15.1. The first-order chi connectivity index (χ1) is 52.1. The number of benzene rings is 4. The van der Waals surface area contributed by atoms with Gasteiger partial charge < -0.3 is 86.7 Å². The van der Waals surface area contributed by atoms with E-state index in [1.807, 2.05) is 30.3 Å². The number of esters is 12. The Kier molecular flexibility index (Phi) is 34.8. The number of carbonyl (C=O) groups is 14. The molecule has 110 heavy (non-hydrogen) atoms. The zero-order chi connectivity index (χ0) is 81.3. The molecule has 4 N–H and O–H groups in total.